The van der Waals surface area contributed by atoms with Crippen molar-refractivity contribution >= 4 is 24.0 Å². The monoisotopic (exact) mass is 381 g/mol. The van der Waals surface area contributed by atoms with Crippen LogP contribution in [0, 0.1) is 10.1 Å². The van der Waals surface area contributed by atoms with Crippen LogP contribution >= 0.6 is 0 Å². The molecule has 1 aromatic rings. The first-order chi connectivity index (χ1) is 12.7. The first kappa shape index (κ1) is 19.9. The van der Waals surface area contributed by atoms with Gasteiger partial charge in [-0.05, 0) is 12.1 Å². The highest BCUT2D eigenvalue weighted by Crippen LogP contribution is 2.27. The summed E-state index contributed by atoms with van der Waals surface area (Å²) in [6.45, 7) is -1.83. The molecule has 0 fully saturated rings. The van der Waals surface area contributed by atoms with Gasteiger partial charge in [-0.25, -0.2) is 0 Å². The van der Waals surface area contributed by atoms with Crippen molar-refractivity contribution in [2.24, 2.45) is 0 Å². The molecule has 1 atom stereocenters. The van der Waals surface area contributed by atoms with Crippen LogP contribution in [0.15, 0.2) is 12.1 Å². The minimum Gasteiger partial charge on any atom is -0.394 e. The molecule has 1 aromatic carbocycles. The predicted molar refractivity (Wildman–Crippen MR) is 85.3 cm³/mol. The fraction of sp³-hybridized carbons (Fsp3) is 0.333. The van der Waals surface area contributed by atoms with E-state index < -0.39 is 48.8 Å². The fourth-order valence-electron chi connectivity index (χ4n) is 2.47. The number of fused-ring (bicyclic) bond motifs is 1. The van der Waals surface area contributed by atoms with Gasteiger partial charge in [-0.1, -0.05) is 0 Å². The lowest BCUT2D eigenvalue weighted by Crippen LogP contribution is -2.38. The van der Waals surface area contributed by atoms with Crippen molar-refractivity contribution in [3.63, 3.8) is 0 Å². The predicted octanol–water partition coefficient (Wildman–Crippen LogP) is -1.31. The minimum atomic E-state index is -1.34. The third-order valence-electron chi connectivity index (χ3n) is 3.81. The number of amides is 3. The zero-order valence-electron chi connectivity index (χ0n) is 14.0. The lowest BCUT2D eigenvalue weighted by molar-refractivity contribution is -0.761. The van der Waals surface area contributed by atoms with E-state index in [1.165, 1.54) is 7.05 Å². The maximum atomic E-state index is 12.4. The second-order valence-electron chi connectivity index (χ2n) is 5.65. The third kappa shape index (κ3) is 3.91. The minimum absolute atomic E-state index is 0.131. The molecule has 3 amide bonds. The number of aliphatic hydroxyl groups excluding tert-OH is 2. The van der Waals surface area contributed by atoms with Gasteiger partial charge in [-0.15, -0.1) is 10.1 Å². The highest BCUT2D eigenvalue weighted by molar-refractivity contribution is 6.23. The summed E-state index contributed by atoms with van der Waals surface area (Å²) in [4.78, 5) is 64.3. The summed E-state index contributed by atoms with van der Waals surface area (Å²) in [6, 6.07) is 2.10. The molecule has 0 aromatic heterocycles. The van der Waals surface area contributed by atoms with Crippen LogP contribution in [-0.4, -0.2) is 82.1 Å². The molecule has 0 aliphatic carbocycles. The van der Waals surface area contributed by atoms with Crippen molar-refractivity contribution in [1.82, 2.24) is 9.80 Å². The van der Waals surface area contributed by atoms with Crippen LogP contribution in [0.5, 0.6) is 0 Å². The summed E-state index contributed by atoms with van der Waals surface area (Å²) in [6.07, 6.45) is -1.04. The number of rotatable bonds is 8. The Hall–Kier alpha value is -3.38. The number of nitrogens with zero attached hydrogens (tertiary/aromatic N) is 3. The summed E-state index contributed by atoms with van der Waals surface area (Å²) in [5.74, 6) is -2.43. The average Bonchev–Trinajstić information content (AvgIpc) is 2.88. The number of carbonyl (C=O) groups is 4. The largest absolute Gasteiger partial charge is 0.394 e. The standard InChI is InChI=1S/C15H15N3O9/c1-16(7-27-18(25)26)13(22)10-3-12-11(2-8(10)5-19)14(23)17(15(12)24)4-9(21)6-20/h2-3,5,9,20-21H,4,6-7H2,1H3. The third-order valence-corrected chi connectivity index (χ3v) is 3.81. The van der Waals surface area contributed by atoms with Crippen LogP contribution in [0.25, 0.3) is 0 Å². The van der Waals surface area contributed by atoms with Crippen molar-refractivity contribution in [3.8, 4) is 0 Å². The molecule has 2 N–H and O–H groups in total. The average molecular weight is 381 g/mol. The highest BCUT2D eigenvalue weighted by Gasteiger charge is 2.38. The first-order valence-electron chi connectivity index (χ1n) is 7.52. The van der Waals surface area contributed by atoms with E-state index in [0.29, 0.717) is 11.2 Å². The lowest BCUT2D eigenvalue weighted by Gasteiger charge is -2.17. The molecule has 2 rings (SSSR count). The van der Waals surface area contributed by atoms with Crippen LogP contribution < -0.4 is 0 Å². The Labute approximate surface area is 151 Å². The highest BCUT2D eigenvalue weighted by atomic mass is 17.0. The Morgan fingerprint density at radius 3 is 2.48 bits per heavy atom. The number of aliphatic hydroxyl groups is 2. The second-order valence-corrected chi connectivity index (χ2v) is 5.65. The van der Waals surface area contributed by atoms with E-state index in [-0.39, 0.29) is 22.3 Å². The van der Waals surface area contributed by atoms with Crippen LogP contribution in [0.4, 0.5) is 0 Å². The molecule has 0 saturated heterocycles. The molecule has 27 heavy (non-hydrogen) atoms. The van der Waals surface area contributed by atoms with Crippen LogP contribution in [0.1, 0.15) is 41.4 Å². The lowest BCUT2D eigenvalue weighted by atomic mass is 9.99. The molecule has 0 radical (unpaired) electrons. The summed E-state index contributed by atoms with van der Waals surface area (Å²) >= 11 is 0. The molecule has 1 aliphatic rings. The maximum absolute atomic E-state index is 12.4. The van der Waals surface area contributed by atoms with E-state index in [0.717, 1.165) is 17.0 Å². The van der Waals surface area contributed by atoms with Crippen molar-refractivity contribution in [2.45, 2.75) is 6.10 Å². The molecule has 0 saturated carbocycles. The molecule has 1 heterocycles. The van der Waals surface area contributed by atoms with Crippen LogP contribution in [-0.2, 0) is 4.84 Å². The SMILES string of the molecule is CN(CO[N+](=O)[O-])C(=O)c1cc2c(cc1C=O)C(=O)N(CC(O)CO)C2=O. The van der Waals surface area contributed by atoms with E-state index in [9.17, 15) is 34.4 Å². The van der Waals surface area contributed by atoms with Gasteiger partial charge >= 0.3 is 0 Å². The summed E-state index contributed by atoms with van der Waals surface area (Å²) in [5.41, 5.74) is -0.739. The van der Waals surface area contributed by atoms with Crippen molar-refractivity contribution in [3.05, 3.63) is 44.5 Å². The smallest absolute Gasteiger partial charge is 0.296 e. The first-order valence-corrected chi connectivity index (χ1v) is 7.52. The van der Waals surface area contributed by atoms with Gasteiger partial charge in [0.15, 0.2) is 13.0 Å². The van der Waals surface area contributed by atoms with Gasteiger partial charge in [-0.2, -0.15) is 0 Å². The van der Waals surface area contributed by atoms with Gasteiger partial charge in [0.05, 0.1) is 35.9 Å². The number of imide groups is 1. The number of hydrogen-bond acceptors (Lipinski definition) is 9. The Balaban J connectivity index is 2.38. The number of β-amino-alcohol motifs (C(OH)–C–C–N with tert-alkyl or cyclic N) is 1. The quantitative estimate of drug-likeness (QED) is 0.182. The Bertz CT molecular complexity index is 823. The molecular weight excluding hydrogens is 366 g/mol. The van der Waals surface area contributed by atoms with Crippen molar-refractivity contribution in [1.29, 1.82) is 0 Å². The zero-order chi connectivity index (χ0) is 20.3. The second kappa shape index (κ2) is 7.88. The van der Waals surface area contributed by atoms with E-state index >= 15 is 0 Å². The molecule has 144 valence electrons. The Kier molecular flexibility index (Phi) is 5.82. The van der Waals surface area contributed by atoms with Gasteiger partial charge in [0.25, 0.3) is 22.8 Å². The van der Waals surface area contributed by atoms with Gasteiger partial charge in [-0.3, -0.25) is 28.9 Å². The Morgan fingerprint density at radius 1 is 1.37 bits per heavy atom. The van der Waals surface area contributed by atoms with E-state index in [1.807, 2.05) is 0 Å². The van der Waals surface area contributed by atoms with E-state index in [4.69, 9.17) is 5.11 Å². The van der Waals surface area contributed by atoms with Gasteiger partial charge < -0.3 is 15.1 Å². The summed E-state index contributed by atoms with van der Waals surface area (Å²) in [5, 5.41) is 27.5. The summed E-state index contributed by atoms with van der Waals surface area (Å²) in [7, 11) is 1.19. The normalized spacial score (nSPS) is 14.0. The fourth-order valence-corrected chi connectivity index (χ4v) is 2.47. The molecule has 1 aliphatic heterocycles. The number of benzene rings is 1. The Morgan fingerprint density at radius 2 is 1.96 bits per heavy atom. The summed E-state index contributed by atoms with van der Waals surface area (Å²) < 4.78 is 0. The van der Waals surface area contributed by atoms with Crippen molar-refractivity contribution < 1.29 is 39.3 Å². The number of aldehydes is 1. The zero-order valence-corrected chi connectivity index (χ0v) is 14.0. The molecule has 0 bridgehead atoms. The number of hydrogen-bond donors (Lipinski definition) is 2. The molecular formula is C15H15N3O9. The van der Waals surface area contributed by atoms with Gasteiger partial charge in [0.2, 0.25) is 0 Å². The van der Waals surface area contributed by atoms with Gasteiger partial charge in [0, 0.05) is 12.6 Å². The molecule has 1 unspecified atom stereocenters. The van der Waals surface area contributed by atoms with Gasteiger partial charge in [0.1, 0.15) is 0 Å². The maximum Gasteiger partial charge on any atom is 0.296 e. The molecule has 12 heteroatoms. The molecule has 12 nitrogen and oxygen atoms in total. The van der Waals surface area contributed by atoms with Crippen molar-refractivity contribution in [2.75, 3.05) is 26.9 Å². The van der Waals surface area contributed by atoms with Crippen LogP contribution in [0.2, 0.25) is 0 Å². The van der Waals surface area contributed by atoms with Crippen LogP contribution in [0.3, 0.4) is 0 Å². The van der Waals surface area contributed by atoms with E-state index in [2.05, 4.69) is 4.84 Å². The van der Waals surface area contributed by atoms with E-state index in [1.54, 1.807) is 0 Å². The topological polar surface area (TPSA) is 168 Å². The number of carbonyl (C=O) groups excluding carboxylic acids is 4. The molecule has 0 spiro atoms.